The summed E-state index contributed by atoms with van der Waals surface area (Å²) in [6.45, 7) is 5.34. The Hall–Kier alpha value is -2.07. The van der Waals surface area contributed by atoms with E-state index in [1.54, 1.807) is 0 Å². The minimum absolute atomic E-state index is 0.193. The highest BCUT2D eigenvalue weighted by atomic mass is 16.5. The van der Waals surface area contributed by atoms with Gasteiger partial charge in [-0.1, -0.05) is 30.7 Å². The van der Waals surface area contributed by atoms with E-state index in [0.29, 0.717) is 0 Å². The molecule has 0 bridgehead atoms. The van der Waals surface area contributed by atoms with Gasteiger partial charge in [0.15, 0.2) is 0 Å². The van der Waals surface area contributed by atoms with Crippen LogP contribution in [0, 0.1) is 0 Å². The third-order valence-electron chi connectivity index (χ3n) is 6.16. The standard InChI is InChI=1S/C24H32N2O2/c27-24-22-11-5-3-8-20(22)13-15-26(24)17-16-25-14-7-1-2-9-21-10-4-6-12-23(21)28-19-18-25/h3,5,8,10-12H,1-2,4,6-7,9,13-19H2. The van der Waals surface area contributed by atoms with E-state index in [0.717, 1.165) is 76.3 Å². The van der Waals surface area contributed by atoms with Gasteiger partial charge >= 0.3 is 0 Å². The van der Waals surface area contributed by atoms with E-state index in [1.807, 2.05) is 23.1 Å². The second-order valence-corrected chi connectivity index (χ2v) is 8.08. The number of allylic oxidation sites excluding steroid dienone is 3. The SMILES string of the molecule is O=C1c2ccccc2CCN1CCN1CCCCCC2=CCCC=C2OCC1. The summed E-state index contributed by atoms with van der Waals surface area (Å²) in [7, 11) is 0. The number of benzene rings is 1. The lowest BCUT2D eigenvalue weighted by molar-refractivity contribution is 0.0709. The Morgan fingerprint density at radius 2 is 1.79 bits per heavy atom. The zero-order valence-corrected chi connectivity index (χ0v) is 16.9. The van der Waals surface area contributed by atoms with Crippen molar-refractivity contribution in [2.24, 2.45) is 0 Å². The normalized spacial score (nSPS) is 21.6. The third kappa shape index (κ3) is 4.67. The number of ether oxygens (including phenoxy) is 1. The van der Waals surface area contributed by atoms with Crippen molar-refractivity contribution in [1.29, 1.82) is 0 Å². The number of hydrogen-bond donors (Lipinski definition) is 0. The second kappa shape index (κ2) is 9.42. The zero-order chi connectivity index (χ0) is 19.2. The average molecular weight is 381 g/mol. The Kier molecular flexibility index (Phi) is 6.48. The molecule has 0 atom stereocenters. The van der Waals surface area contributed by atoms with Gasteiger partial charge in [0.2, 0.25) is 0 Å². The van der Waals surface area contributed by atoms with Crippen molar-refractivity contribution in [2.45, 2.75) is 44.9 Å². The second-order valence-electron chi connectivity index (χ2n) is 8.08. The zero-order valence-electron chi connectivity index (χ0n) is 16.9. The molecule has 2 heterocycles. The molecule has 1 saturated heterocycles. The summed E-state index contributed by atoms with van der Waals surface area (Å²) in [5, 5.41) is 0. The van der Waals surface area contributed by atoms with Crippen LogP contribution in [0.1, 0.15) is 54.4 Å². The van der Waals surface area contributed by atoms with Gasteiger partial charge in [0.25, 0.3) is 5.91 Å². The molecular formula is C24H32N2O2. The molecule has 4 heteroatoms. The topological polar surface area (TPSA) is 32.8 Å². The van der Waals surface area contributed by atoms with E-state index in [9.17, 15) is 4.79 Å². The van der Waals surface area contributed by atoms with Crippen LogP contribution in [0.4, 0.5) is 0 Å². The first kappa shape index (κ1) is 19.3. The quantitative estimate of drug-likeness (QED) is 0.789. The first-order valence-corrected chi connectivity index (χ1v) is 10.9. The number of amides is 1. The minimum Gasteiger partial charge on any atom is -0.492 e. The lowest BCUT2D eigenvalue weighted by atomic mass is 9.99. The summed E-state index contributed by atoms with van der Waals surface area (Å²) in [5.41, 5.74) is 3.49. The third-order valence-corrected chi connectivity index (χ3v) is 6.16. The highest BCUT2D eigenvalue weighted by Gasteiger charge is 2.24. The van der Waals surface area contributed by atoms with Crippen molar-refractivity contribution in [2.75, 3.05) is 39.3 Å². The summed E-state index contributed by atoms with van der Waals surface area (Å²) in [5.74, 6) is 1.31. The molecule has 2 aliphatic heterocycles. The molecule has 0 aromatic heterocycles. The first-order valence-electron chi connectivity index (χ1n) is 10.9. The fourth-order valence-corrected chi connectivity index (χ4v) is 4.48. The first-order chi connectivity index (χ1) is 13.8. The summed E-state index contributed by atoms with van der Waals surface area (Å²) in [6, 6.07) is 8.04. The van der Waals surface area contributed by atoms with Crippen LogP contribution >= 0.6 is 0 Å². The molecule has 0 N–H and O–H groups in total. The number of fused-ring (bicyclic) bond motifs is 2. The molecule has 0 radical (unpaired) electrons. The van der Waals surface area contributed by atoms with E-state index < -0.39 is 0 Å². The van der Waals surface area contributed by atoms with Gasteiger partial charge in [0.05, 0.1) is 0 Å². The summed E-state index contributed by atoms with van der Waals surface area (Å²) in [6.07, 6.45) is 12.7. The van der Waals surface area contributed by atoms with E-state index in [2.05, 4.69) is 23.1 Å². The molecule has 3 aliphatic rings. The maximum absolute atomic E-state index is 12.8. The molecule has 28 heavy (non-hydrogen) atoms. The van der Waals surface area contributed by atoms with Crippen molar-refractivity contribution >= 4 is 5.91 Å². The van der Waals surface area contributed by atoms with Gasteiger partial charge in [-0.25, -0.2) is 0 Å². The van der Waals surface area contributed by atoms with Crippen LogP contribution in [0.5, 0.6) is 0 Å². The van der Waals surface area contributed by atoms with Crippen molar-refractivity contribution in [3.63, 3.8) is 0 Å². The van der Waals surface area contributed by atoms with E-state index in [4.69, 9.17) is 4.74 Å². The average Bonchev–Trinajstić information content (AvgIpc) is 2.77. The van der Waals surface area contributed by atoms with Crippen molar-refractivity contribution in [3.05, 3.63) is 58.9 Å². The molecule has 1 aromatic carbocycles. The Labute approximate surface area is 168 Å². The smallest absolute Gasteiger partial charge is 0.254 e. The molecule has 4 nitrogen and oxygen atoms in total. The Bertz CT molecular complexity index is 753. The summed E-state index contributed by atoms with van der Waals surface area (Å²) in [4.78, 5) is 17.3. The van der Waals surface area contributed by atoms with Gasteiger partial charge in [-0.3, -0.25) is 9.69 Å². The summed E-state index contributed by atoms with van der Waals surface area (Å²) < 4.78 is 6.14. The monoisotopic (exact) mass is 380 g/mol. The number of nitrogens with zero attached hydrogens (tertiary/aromatic N) is 2. The number of rotatable bonds is 3. The summed E-state index contributed by atoms with van der Waals surface area (Å²) >= 11 is 0. The van der Waals surface area contributed by atoms with Crippen molar-refractivity contribution in [3.8, 4) is 0 Å². The van der Waals surface area contributed by atoms with Crippen LogP contribution in [-0.2, 0) is 11.2 Å². The molecular weight excluding hydrogens is 348 g/mol. The van der Waals surface area contributed by atoms with Crippen molar-refractivity contribution in [1.82, 2.24) is 9.80 Å². The Balaban J connectivity index is 1.32. The molecule has 1 amide bonds. The molecule has 4 rings (SSSR count). The van der Waals surface area contributed by atoms with Crippen LogP contribution in [0.2, 0.25) is 0 Å². The predicted octanol–water partition coefficient (Wildman–Crippen LogP) is 4.18. The molecule has 0 spiro atoms. The molecule has 150 valence electrons. The van der Waals surface area contributed by atoms with Gasteiger partial charge < -0.3 is 9.64 Å². The fraction of sp³-hybridized carbons (Fsp3) is 0.542. The maximum atomic E-state index is 12.8. The predicted molar refractivity (Wildman–Crippen MR) is 112 cm³/mol. The minimum atomic E-state index is 0.193. The van der Waals surface area contributed by atoms with Crippen LogP contribution in [0.3, 0.4) is 0 Å². The molecule has 1 aliphatic carbocycles. The number of carbonyl (C=O) groups is 1. The van der Waals surface area contributed by atoms with Gasteiger partial charge in [0, 0.05) is 31.7 Å². The van der Waals surface area contributed by atoms with Crippen molar-refractivity contribution < 1.29 is 9.53 Å². The Morgan fingerprint density at radius 3 is 2.75 bits per heavy atom. The molecule has 0 unspecified atom stereocenters. The maximum Gasteiger partial charge on any atom is 0.254 e. The number of carbonyl (C=O) groups excluding carboxylic acids is 1. The lowest BCUT2D eigenvalue weighted by Gasteiger charge is -2.31. The van der Waals surface area contributed by atoms with Gasteiger partial charge in [-0.15, -0.1) is 0 Å². The van der Waals surface area contributed by atoms with Gasteiger partial charge in [-0.05, 0) is 68.3 Å². The van der Waals surface area contributed by atoms with E-state index in [1.165, 1.54) is 30.4 Å². The lowest BCUT2D eigenvalue weighted by Crippen LogP contribution is -2.43. The van der Waals surface area contributed by atoms with Gasteiger partial charge in [0.1, 0.15) is 12.4 Å². The largest absolute Gasteiger partial charge is 0.492 e. The molecule has 1 aromatic rings. The van der Waals surface area contributed by atoms with E-state index >= 15 is 0 Å². The Morgan fingerprint density at radius 1 is 0.893 bits per heavy atom. The van der Waals surface area contributed by atoms with Gasteiger partial charge in [-0.2, -0.15) is 0 Å². The molecule has 0 saturated carbocycles. The van der Waals surface area contributed by atoms with Crippen LogP contribution < -0.4 is 0 Å². The van der Waals surface area contributed by atoms with Crippen LogP contribution in [0.15, 0.2) is 47.7 Å². The van der Waals surface area contributed by atoms with Crippen LogP contribution in [-0.4, -0.2) is 55.0 Å². The highest BCUT2D eigenvalue weighted by molar-refractivity contribution is 5.96. The highest BCUT2D eigenvalue weighted by Crippen LogP contribution is 2.25. The van der Waals surface area contributed by atoms with E-state index in [-0.39, 0.29) is 5.91 Å². The number of hydrogen-bond acceptors (Lipinski definition) is 3. The van der Waals surface area contributed by atoms with Crippen LogP contribution in [0.25, 0.3) is 0 Å². The molecule has 1 fully saturated rings. The fourth-order valence-electron chi connectivity index (χ4n) is 4.48.